The first-order valence-electron chi connectivity index (χ1n) is 5.78. The van der Waals surface area contributed by atoms with Crippen LogP contribution in [0.1, 0.15) is 6.42 Å². The van der Waals surface area contributed by atoms with Gasteiger partial charge in [0.05, 0.1) is 13.2 Å². The molecule has 20 heavy (non-hydrogen) atoms. The summed E-state index contributed by atoms with van der Waals surface area (Å²) in [6.45, 7) is 7.06. The molecule has 0 aromatic carbocycles. The lowest BCUT2D eigenvalue weighted by molar-refractivity contribution is -0.140. The van der Waals surface area contributed by atoms with Crippen LogP contribution in [0.2, 0.25) is 0 Å². The third kappa shape index (κ3) is 5.25. The van der Waals surface area contributed by atoms with E-state index in [1.54, 1.807) is 0 Å². The van der Waals surface area contributed by atoms with E-state index in [0.29, 0.717) is 6.42 Å². The number of carbonyl (C=O) groups excluding carboxylic acids is 2. The average molecular weight is 304 g/mol. The Morgan fingerprint density at radius 3 is 2.00 bits per heavy atom. The van der Waals surface area contributed by atoms with Crippen LogP contribution in [0.15, 0.2) is 24.4 Å². The summed E-state index contributed by atoms with van der Waals surface area (Å²) in [6, 6.07) is 0. The van der Waals surface area contributed by atoms with Crippen molar-refractivity contribution in [2.24, 2.45) is 0 Å². The number of rotatable bonds is 10. The lowest BCUT2D eigenvalue weighted by Gasteiger charge is -2.24. The lowest BCUT2D eigenvalue weighted by atomic mass is 10.5. The highest BCUT2D eigenvalue weighted by atomic mass is 28.4. The largest absolute Gasteiger partial charge is 0.543 e. The molecule has 0 amide bonds. The van der Waals surface area contributed by atoms with Gasteiger partial charge in [0.1, 0.15) is 5.20 Å². The molecule has 0 heterocycles. The Bertz CT molecular complexity index is 355. The molecule has 0 rings (SSSR count). The summed E-state index contributed by atoms with van der Waals surface area (Å²) < 4.78 is 25.0. The molecular weight excluding hydrogens is 284 g/mol. The predicted octanol–water partition coefficient (Wildman–Crippen LogP) is 0.622. The summed E-state index contributed by atoms with van der Waals surface area (Å²) in [5, 5.41) is 0.00749. The van der Waals surface area contributed by atoms with Crippen LogP contribution in [0.5, 0.6) is 0 Å². The molecule has 0 atom stereocenters. The van der Waals surface area contributed by atoms with Gasteiger partial charge in [-0.25, -0.2) is 9.59 Å². The van der Waals surface area contributed by atoms with E-state index < -0.39 is 20.7 Å². The Labute approximate surface area is 119 Å². The molecule has 0 unspecified atom stereocenters. The van der Waals surface area contributed by atoms with Gasteiger partial charge in [-0.1, -0.05) is 13.2 Å². The fraction of sp³-hybridized carbons (Fsp3) is 0.500. The van der Waals surface area contributed by atoms with Gasteiger partial charge < -0.3 is 22.8 Å². The summed E-state index contributed by atoms with van der Waals surface area (Å²) >= 11 is 0. The molecule has 0 bridgehead atoms. The van der Waals surface area contributed by atoms with Gasteiger partial charge in [-0.15, -0.1) is 0 Å². The first-order valence-corrected chi connectivity index (χ1v) is 7.51. The van der Waals surface area contributed by atoms with E-state index in [1.165, 1.54) is 21.3 Å². The maximum atomic E-state index is 11.8. The third-order valence-electron chi connectivity index (χ3n) is 2.36. The zero-order valence-electron chi connectivity index (χ0n) is 12.0. The second kappa shape index (κ2) is 9.43. The van der Waals surface area contributed by atoms with E-state index in [9.17, 15) is 9.59 Å². The highest BCUT2D eigenvalue weighted by Crippen LogP contribution is 2.17. The summed E-state index contributed by atoms with van der Waals surface area (Å²) in [6.07, 6.45) is 1.42. The van der Waals surface area contributed by atoms with Crippen LogP contribution in [0, 0.1) is 0 Å². The highest BCUT2D eigenvalue weighted by molar-refractivity contribution is 6.73. The molecular formula is C12H20O7Si. The molecule has 0 saturated carbocycles. The number of carbonyl (C=O) groups is 2. The molecule has 0 saturated heterocycles. The first kappa shape index (κ1) is 18.5. The van der Waals surface area contributed by atoms with Crippen LogP contribution in [0.3, 0.4) is 0 Å². The molecule has 0 aromatic heterocycles. The van der Waals surface area contributed by atoms with Crippen molar-refractivity contribution in [3.8, 4) is 0 Å². The van der Waals surface area contributed by atoms with Gasteiger partial charge in [-0.05, 0) is 0 Å². The lowest BCUT2D eigenvalue weighted by Crippen LogP contribution is -2.48. The molecule has 0 N–H and O–H groups in total. The highest BCUT2D eigenvalue weighted by Gasteiger charge is 2.46. The van der Waals surface area contributed by atoms with Crippen LogP contribution in [-0.4, -0.2) is 55.3 Å². The molecule has 7 nitrogen and oxygen atoms in total. The Morgan fingerprint density at radius 1 is 1.05 bits per heavy atom. The van der Waals surface area contributed by atoms with E-state index in [1.807, 2.05) is 0 Å². The average Bonchev–Trinajstić information content (AvgIpc) is 2.48. The van der Waals surface area contributed by atoms with E-state index >= 15 is 0 Å². The summed E-state index contributed by atoms with van der Waals surface area (Å²) in [5.41, 5.74) is 0. The predicted molar refractivity (Wildman–Crippen MR) is 72.7 cm³/mol. The van der Waals surface area contributed by atoms with Gasteiger partial charge in [0, 0.05) is 33.8 Å². The minimum atomic E-state index is -3.24. The first-order chi connectivity index (χ1) is 9.47. The number of esters is 2. The topological polar surface area (TPSA) is 80.3 Å². The van der Waals surface area contributed by atoms with E-state index in [-0.39, 0.29) is 18.4 Å². The molecule has 0 aliphatic heterocycles. The van der Waals surface area contributed by atoms with E-state index in [4.69, 9.17) is 22.8 Å². The summed E-state index contributed by atoms with van der Waals surface area (Å²) in [4.78, 5) is 22.5. The maximum Gasteiger partial charge on any atom is 0.543 e. The molecule has 0 radical (unpaired) electrons. The van der Waals surface area contributed by atoms with E-state index in [0.717, 1.165) is 6.08 Å². The normalized spacial score (nSPS) is 10.8. The van der Waals surface area contributed by atoms with Gasteiger partial charge in [-0.3, -0.25) is 0 Å². The smallest absolute Gasteiger partial charge is 0.462 e. The van der Waals surface area contributed by atoms with Gasteiger partial charge in [0.15, 0.2) is 0 Å². The summed E-state index contributed by atoms with van der Waals surface area (Å²) in [5.74, 6) is -1.19. The molecule has 0 spiro atoms. The Kier molecular flexibility index (Phi) is 8.73. The Balaban J connectivity index is 4.18. The van der Waals surface area contributed by atoms with Crippen molar-refractivity contribution in [1.29, 1.82) is 0 Å². The zero-order valence-corrected chi connectivity index (χ0v) is 13.0. The molecule has 114 valence electrons. The number of hydrogen-bond donors (Lipinski definition) is 0. The van der Waals surface area contributed by atoms with Crippen molar-refractivity contribution in [1.82, 2.24) is 0 Å². The molecule has 8 heteroatoms. The molecule has 0 aromatic rings. The monoisotopic (exact) mass is 304 g/mol. The van der Waals surface area contributed by atoms with Crippen LogP contribution in [0.25, 0.3) is 0 Å². The van der Waals surface area contributed by atoms with Crippen molar-refractivity contribution >= 4 is 20.7 Å². The standard InChI is InChI=1S/C12H20O7Si/c1-6-11(13)18-8-7-9-19-12(14)10(2)20(15-3,16-4)17-5/h6H,1-2,7-9H2,3-5H3. The van der Waals surface area contributed by atoms with Crippen LogP contribution in [-0.2, 0) is 32.3 Å². The minimum Gasteiger partial charge on any atom is -0.462 e. The quantitative estimate of drug-likeness (QED) is 0.253. The van der Waals surface area contributed by atoms with Gasteiger partial charge >= 0.3 is 20.7 Å². The Hall–Kier alpha value is -1.48. The molecule has 0 aliphatic rings. The van der Waals surface area contributed by atoms with Gasteiger partial charge in [-0.2, -0.15) is 0 Å². The van der Waals surface area contributed by atoms with Crippen molar-refractivity contribution in [3.05, 3.63) is 24.4 Å². The van der Waals surface area contributed by atoms with Gasteiger partial charge in [0.2, 0.25) is 0 Å². The SMILES string of the molecule is C=CC(=O)OCCCOC(=O)C(=C)[Si](OC)(OC)OC. The van der Waals surface area contributed by atoms with Crippen molar-refractivity contribution < 1.29 is 32.3 Å². The Morgan fingerprint density at radius 2 is 1.55 bits per heavy atom. The number of ether oxygens (including phenoxy) is 2. The molecule has 0 aliphatic carbocycles. The molecule has 0 fully saturated rings. The van der Waals surface area contributed by atoms with Crippen LogP contribution >= 0.6 is 0 Å². The fourth-order valence-corrected chi connectivity index (χ4v) is 2.85. The zero-order chi connectivity index (χ0) is 15.6. The van der Waals surface area contributed by atoms with Gasteiger partial charge in [0.25, 0.3) is 0 Å². The van der Waals surface area contributed by atoms with Crippen LogP contribution in [0.4, 0.5) is 0 Å². The fourth-order valence-electron chi connectivity index (χ4n) is 1.29. The van der Waals surface area contributed by atoms with Crippen molar-refractivity contribution in [3.63, 3.8) is 0 Å². The minimum absolute atomic E-state index is 0.00749. The van der Waals surface area contributed by atoms with Crippen molar-refractivity contribution in [2.45, 2.75) is 6.42 Å². The van der Waals surface area contributed by atoms with Crippen molar-refractivity contribution in [2.75, 3.05) is 34.5 Å². The number of hydrogen-bond acceptors (Lipinski definition) is 7. The second-order valence-corrected chi connectivity index (χ2v) is 6.45. The maximum absolute atomic E-state index is 11.8. The van der Waals surface area contributed by atoms with Crippen LogP contribution < -0.4 is 0 Å². The van der Waals surface area contributed by atoms with E-state index in [2.05, 4.69) is 13.2 Å². The third-order valence-corrected chi connectivity index (χ3v) is 4.91. The summed E-state index contributed by atoms with van der Waals surface area (Å²) in [7, 11) is 0.859. The second-order valence-electron chi connectivity index (χ2n) is 3.51.